The van der Waals surface area contributed by atoms with Crippen LogP contribution in [0.5, 0.6) is 0 Å². The van der Waals surface area contributed by atoms with E-state index in [1.165, 1.54) is 0 Å². The van der Waals surface area contributed by atoms with E-state index >= 15 is 0 Å². The second kappa shape index (κ2) is 7.26. The fraction of sp³-hybridized carbons (Fsp3) is 0.733. The topological polar surface area (TPSA) is 66.4 Å². The SMILES string of the molecule is CCCCN(C)c1nccc(N(CC)C2CCS(=O)(=O)C2)n1. The van der Waals surface area contributed by atoms with Crippen molar-refractivity contribution in [1.82, 2.24) is 9.97 Å². The summed E-state index contributed by atoms with van der Waals surface area (Å²) in [6, 6.07) is 1.89. The van der Waals surface area contributed by atoms with Crippen LogP contribution < -0.4 is 9.80 Å². The summed E-state index contributed by atoms with van der Waals surface area (Å²) in [6.07, 6.45) is 4.67. The van der Waals surface area contributed by atoms with Crippen molar-refractivity contribution in [2.45, 2.75) is 39.2 Å². The van der Waals surface area contributed by atoms with Gasteiger partial charge in [0, 0.05) is 32.4 Å². The molecule has 0 aliphatic carbocycles. The zero-order valence-corrected chi connectivity index (χ0v) is 14.5. The Labute approximate surface area is 133 Å². The molecule has 0 saturated carbocycles. The minimum Gasteiger partial charge on any atom is -0.353 e. The summed E-state index contributed by atoms with van der Waals surface area (Å²) in [5.74, 6) is 2.03. The Morgan fingerprint density at radius 3 is 2.73 bits per heavy atom. The summed E-state index contributed by atoms with van der Waals surface area (Å²) in [5.41, 5.74) is 0. The van der Waals surface area contributed by atoms with E-state index < -0.39 is 9.84 Å². The summed E-state index contributed by atoms with van der Waals surface area (Å²) in [5, 5.41) is 0. The first-order valence-corrected chi connectivity index (χ1v) is 9.80. The number of sulfone groups is 1. The fourth-order valence-corrected chi connectivity index (χ4v) is 4.54. The molecule has 0 aromatic carbocycles. The summed E-state index contributed by atoms with van der Waals surface area (Å²) in [7, 11) is -0.901. The standard InChI is InChI=1S/C15H26N4O2S/c1-4-6-10-18(3)15-16-9-7-14(17-15)19(5-2)13-8-11-22(20,21)12-13/h7,9,13H,4-6,8,10-12H2,1-3H3. The summed E-state index contributed by atoms with van der Waals surface area (Å²) in [6.45, 7) is 5.86. The predicted molar refractivity (Wildman–Crippen MR) is 90.3 cm³/mol. The smallest absolute Gasteiger partial charge is 0.226 e. The fourth-order valence-electron chi connectivity index (χ4n) is 2.81. The highest BCUT2D eigenvalue weighted by Gasteiger charge is 2.32. The molecule has 22 heavy (non-hydrogen) atoms. The van der Waals surface area contributed by atoms with Gasteiger partial charge < -0.3 is 9.80 Å². The molecule has 0 amide bonds. The van der Waals surface area contributed by atoms with Gasteiger partial charge in [0.2, 0.25) is 5.95 Å². The van der Waals surface area contributed by atoms with Gasteiger partial charge in [-0.3, -0.25) is 0 Å². The monoisotopic (exact) mass is 326 g/mol. The van der Waals surface area contributed by atoms with Crippen molar-refractivity contribution in [2.75, 3.05) is 41.4 Å². The molecule has 1 saturated heterocycles. The molecule has 2 rings (SSSR count). The van der Waals surface area contributed by atoms with Gasteiger partial charge in [0.25, 0.3) is 0 Å². The van der Waals surface area contributed by atoms with Gasteiger partial charge in [-0.25, -0.2) is 13.4 Å². The van der Waals surface area contributed by atoms with Gasteiger partial charge in [-0.2, -0.15) is 4.98 Å². The van der Waals surface area contributed by atoms with Crippen LogP contribution in [0.2, 0.25) is 0 Å². The van der Waals surface area contributed by atoms with Gasteiger partial charge >= 0.3 is 0 Å². The molecule has 0 spiro atoms. The van der Waals surface area contributed by atoms with Gasteiger partial charge in [0.15, 0.2) is 9.84 Å². The number of unbranched alkanes of at least 4 members (excludes halogenated alkanes) is 1. The van der Waals surface area contributed by atoms with Gasteiger partial charge in [-0.1, -0.05) is 13.3 Å². The number of nitrogens with zero attached hydrogens (tertiary/aromatic N) is 4. The van der Waals surface area contributed by atoms with Crippen LogP contribution in [0.4, 0.5) is 11.8 Å². The quantitative estimate of drug-likeness (QED) is 0.760. The van der Waals surface area contributed by atoms with Crippen LogP contribution in [0.1, 0.15) is 33.1 Å². The van der Waals surface area contributed by atoms with E-state index in [0.717, 1.165) is 31.7 Å². The molecular formula is C15H26N4O2S. The Morgan fingerprint density at radius 1 is 1.36 bits per heavy atom. The van der Waals surface area contributed by atoms with Gasteiger partial charge in [0.1, 0.15) is 5.82 Å². The number of hydrogen-bond acceptors (Lipinski definition) is 6. The van der Waals surface area contributed by atoms with E-state index in [1.54, 1.807) is 6.20 Å². The Morgan fingerprint density at radius 2 is 2.14 bits per heavy atom. The Hall–Kier alpha value is -1.37. The maximum atomic E-state index is 11.7. The van der Waals surface area contributed by atoms with E-state index in [4.69, 9.17) is 0 Å². The molecule has 1 unspecified atom stereocenters. The maximum absolute atomic E-state index is 11.7. The van der Waals surface area contributed by atoms with Crippen LogP contribution in [0.25, 0.3) is 0 Å². The molecule has 124 valence electrons. The van der Waals surface area contributed by atoms with Crippen molar-refractivity contribution in [1.29, 1.82) is 0 Å². The van der Waals surface area contributed by atoms with Crippen LogP contribution >= 0.6 is 0 Å². The van der Waals surface area contributed by atoms with E-state index in [9.17, 15) is 8.42 Å². The van der Waals surface area contributed by atoms with E-state index in [2.05, 4.69) is 21.8 Å². The molecule has 2 heterocycles. The van der Waals surface area contributed by atoms with Crippen LogP contribution in [0, 0.1) is 0 Å². The van der Waals surface area contributed by atoms with Crippen molar-refractivity contribution in [2.24, 2.45) is 0 Å². The molecule has 0 bridgehead atoms. The molecule has 1 aliphatic heterocycles. The van der Waals surface area contributed by atoms with Crippen LogP contribution in [0.15, 0.2) is 12.3 Å². The molecule has 1 aliphatic rings. The first kappa shape index (κ1) is 17.0. The summed E-state index contributed by atoms with van der Waals surface area (Å²) < 4.78 is 23.4. The van der Waals surface area contributed by atoms with E-state index in [-0.39, 0.29) is 17.5 Å². The van der Waals surface area contributed by atoms with Crippen LogP contribution in [-0.4, -0.2) is 56.1 Å². The predicted octanol–water partition coefficient (Wildman–Crippen LogP) is 1.73. The molecule has 0 radical (unpaired) electrons. The Kier molecular flexibility index (Phi) is 5.61. The molecule has 0 N–H and O–H groups in total. The Balaban J connectivity index is 2.16. The lowest BCUT2D eigenvalue weighted by molar-refractivity contribution is 0.599. The lowest BCUT2D eigenvalue weighted by Gasteiger charge is -2.28. The van der Waals surface area contributed by atoms with Gasteiger partial charge in [-0.05, 0) is 25.8 Å². The average Bonchev–Trinajstić information content (AvgIpc) is 2.86. The molecule has 6 nitrogen and oxygen atoms in total. The van der Waals surface area contributed by atoms with E-state index in [1.807, 2.05) is 24.9 Å². The van der Waals surface area contributed by atoms with Crippen molar-refractivity contribution >= 4 is 21.6 Å². The molecule has 1 aromatic rings. The normalized spacial score (nSPS) is 20.0. The maximum Gasteiger partial charge on any atom is 0.226 e. The summed E-state index contributed by atoms with van der Waals surface area (Å²) >= 11 is 0. The van der Waals surface area contributed by atoms with E-state index in [0.29, 0.717) is 12.4 Å². The third-order valence-corrected chi connectivity index (χ3v) is 5.85. The largest absolute Gasteiger partial charge is 0.353 e. The third-order valence-electron chi connectivity index (χ3n) is 4.10. The zero-order chi connectivity index (χ0) is 16.2. The highest BCUT2D eigenvalue weighted by atomic mass is 32.2. The minimum atomic E-state index is -2.89. The lowest BCUT2D eigenvalue weighted by Crippen LogP contribution is -2.37. The third kappa shape index (κ3) is 4.09. The minimum absolute atomic E-state index is 0.0266. The van der Waals surface area contributed by atoms with Crippen LogP contribution in [-0.2, 0) is 9.84 Å². The second-order valence-corrected chi connectivity index (χ2v) is 8.06. The first-order chi connectivity index (χ1) is 10.5. The summed E-state index contributed by atoms with van der Waals surface area (Å²) in [4.78, 5) is 13.1. The number of aromatic nitrogens is 2. The highest BCUT2D eigenvalue weighted by molar-refractivity contribution is 7.91. The highest BCUT2D eigenvalue weighted by Crippen LogP contribution is 2.23. The molecule has 7 heteroatoms. The molecule has 1 aromatic heterocycles. The average molecular weight is 326 g/mol. The zero-order valence-electron chi connectivity index (χ0n) is 13.7. The first-order valence-electron chi connectivity index (χ1n) is 7.98. The van der Waals surface area contributed by atoms with Crippen molar-refractivity contribution < 1.29 is 8.42 Å². The number of rotatable bonds is 7. The van der Waals surface area contributed by atoms with Crippen molar-refractivity contribution in [3.63, 3.8) is 0 Å². The second-order valence-electron chi connectivity index (χ2n) is 5.83. The molecule has 1 atom stereocenters. The van der Waals surface area contributed by atoms with Crippen molar-refractivity contribution in [3.05, 3.63) is 12.3 Å². The number of hydrogen-bond donors (Lipinski definition) is 0. The van der Waals surface area contributed by atoms with Gasteiger partial charge in [-0.15, -0.1) is 0 Å². The van der Waals surface area contributed by atoms with Gasteiger partial charge in [0.05, 0.1) is 11.5 Å². The lowest BCUT2D eigenvalue weighted by atomic mass is 10.2. The van der Waals surface area contributed by atoms with Crippen molar-refractivity contribution in [3.8, 4) is 0 Å². The van der Waals surface area contributed by atoms with Crippen LogP contribution in [0.3, 0.4) is 0 Å². The molecule has 1 fully saturated rings. The number of anilines is 2. The molecular weight excluding hydrogens is 300 g/mol. The Bertz CT molecular complexity index is 591.